The fourth-order valence-electron chi connectivity index (χ4n) is 3.36. The molecule has 0 bridgehead atoms. The summed E-state index contributed by atoms with van der Waals surface area (Å²) in [6.45, 7) is 1.74. The van der Waals surface area contributed by atoms with Crippen LogP contribution >= 0.6 is 12.2 Å². The number of benzene rings is 3. The maximum absolute atomic E-state index is 14.2. The summed E-state index contributed by atoms with van der Waals surface area (Å²) in [7, 11) is 2.36. The molecule has 0 atom stereocenters. The van der Waals surface area contributed by atoms with E-state index < -0.39 is 40.5 Å². The van der Waals surface area contributed by atoms with Crippen molar-refractivity contribution in [3.63, 3.8) is 0 Å². The maximum Gasteiger partial charge on any atom is 0.263 e. The predicted molar refractivity (Wildman–Crippen MR) is 127 cm³/mol. The van der Waals surface area contributed by atoms with Crippen LogP contribution in [-0.4, -0.2) is 30.2 Å². The zero-order valence-electron chi connectivity index (χ0n) is 19.0. The average Bonchev–Trinajstić information content (AvgIpc) is 3.28. The lowest BCUT2D eigenvalue weighted by Crippen LogP contribution is -2.35. The van der Waals surface area contributed by atoms with Crippen LogP contribution in [0.25, 0.3) is 22.6 Å². The molecule has 0 unspecified atom stereocenters. The quantitative estimate of drug-likeness (QED) is 0.205. The van der Waals surface area contributed by atoms with Crippen molar-refractivity contribution >= 4 is 40.0 Å². The molecule has 4 aromatic rings. The highest BCUT2D eigenvalue weighted by molar-refractivity contribution is 7.80. The van der Waals surface area contributed by atoms with Crippen LogP contribution in [0, 0.1) is 30.2 Å². The summed E-state index contributed by atoms with van der Waals surface area (Å²) in [5, 5.41) is 4.35. The van der Waals surface area contributed by atoms with E-state index in [-0.39, 0.29) is 5.11 Å². The van der Waals surface area contributed by atoms with Gasteiger partial charge in [0.2, 0.25) is 17.5 Å². The molecule has 0 saturated carbocycles. The van der Waals surface area contributed by atoms with Gasteiger partial charge in [0.25, 0.3) is 5.91 Å². The van der Waals surface area contributed by atoms with Gasteiger partial charge in [-0.3, -0.25) is 10.1 Å². The molecule has 1 aromatic heterocycles. The molecular weight excluding hydrogens is 502 g/mol. The van der Waals surface area contributed by atoms with Gasteiger partial charge in [-0.2, -0.15) is 8.78 Å². The number of halogens is 4. The Kier molecular flexibility index (Phi) is 6.80. The van der Waals surface area contributed by atoms with Crippen molar-refractivity contribution in [1.29, 1.82) is 0 Å². The van der Waals surface area contributed by atoms with E-state index in [0.717, 1.165) is 7.11 Å². The van der Waals surface area contributed by atoms with Gasteiger partial charge in [0.05, 0.1) is 14.2 Å². The number of nitrogens with one attached hydrogen (secondary N) is 2. The molecule has 0 aliphatic rings. The van der Waals surface area contributed by atoms with Gasteiger partial charge in [-0.25, -0.2) is 13.8 Å². The minimum atomic E-state index is -1.92. The number of carbonyl (C=O) groups excluding carboxylic acids is 1. The van der Waals surface area contributed by atoms with Gasteiger partial charge in [-0.15, -0.1) is 0 Å². The lowest BCUT2D eigenvalue weighted by Gasteiger charge is -2.14. The van der Waals surface area contributed by atoms with Crippen LogP contribution in [0.15, 0.2) is 40.8 Å². The topological polar surface area (TPSA) is 85.6 Å². The van der Waals surface area contributed by atoms with E-state index in [4.69, 9.17) is 21.4 Å². The van der Waals surface area contributed by atoms with Crippen molar-refractivity contribution in [2.24, 2.45) is 0 Å². The van der Waals surface area contributed by atoms with E-state index >= 15 is 0 Å². The second-order valence-corrected chi connectivity index (χ2v) is 7.86. The molecule has 2 N–H and O–H groups in total. The standard InChI is InChI=1S/C24H17F4N3O4S/c1-10-4-5-11(23-29-14-9-12(33-2)6-7-15(14)35-23)8-13(10)30-24(36)31-22(32)16-17(25)19(27)21(34-3)20(28)18(16)26/h4-9H,1-3H3,(H2,30,31,32,36). The van der Waals surface area contributed by atoms with Crippen LogP contribution in [-0.2, 0) is 0 Å². The number of methoxy groups -OCH3 is 2. The highest BCUT2D eigenvalue weighted by atomic mass is 32.1. The van der Waals surface area contributed by atoms with Gasteiger partial charge < -0.3 is 19.2 Å². The van der Waals surface area contributed by atoms with Gasteiger partial charge in [0.1, 0.15) is 16.8 Å². The second kappa shape index (κ2) is 9.82. The third-order valence-electron chi connectivity index (χ3n) is 5.21. The van der Waals surface area contributed by atoms with Crippen molar-refractivity contribution in [2.75, 3.05) is 19.5 Å². The number of aromatic nitrogens is 1. The molecule has 1 heterocycles. The Hall–Kier alpha value is -4.19. The SMILES string of the molecule is COc1ccc2oc(-c3ccc(C)c(NC(=S)NC(=O)c4c(F)c(F)c(OC)c(F)c4F)c3)nc2c1. The third-order valence-corrected chi connectivity index (χ3v) is 5.41. The van der Waals surface area contributed by atoms with Crippen molar-refractivity contribution in [2.45, 2.75) is 6.92 Å². The second-order valence-electron chi connectivity index (χ2n) is 7.45. The first-order chi connectivity index (χ1) is 17.1. The van der Waals surface area contributed by atoms with Crippen molar-refractivity contribution in [1.82, 2.24) is 10.3 Å². The van der Waals surface area contributed by atoms with Crippen LogP contribution in [0.2, 0.25) is 0 Å². The van der Waals surface area contributed by atoms with Crippen LogP contribution in [0.1, 0.15) is 15.9 Å². The van der Waals surface area contributed by atoms with Crippen LogP contribution in [0.5, 0.6) is 11.5 Å². The molecule has 0 fully saturated rings. The Balaban J connectivity index is 1.57. The van der Waals surface area contributed by atoms with Crippen LogP contribution in [0.4, 0.5) is 23.2 Å². The number of hydrogen-bond donors (Lipinski definition) is 2. The summed E-state index contributed by atoms with van der Waals surface area (Å²) in [6.07, 6.45) is 0. The lowest BCUT2D eigenvalue weighted by atomic mass is 10.1. The zero-order chi connectivity index (χ0) is 26.1. The number of ether oxygens (including phenoxy) is 2. The fraction of sp³-hybridized carbons (Fsp3) is 0.125. The number of nitrogens with zero attached hydrogens (tertiary/aromatic N) is 1. The van der Waals surface area contributed by atoms with Gasteiger partial charge in [0, 0.05) is 17.3 Å². The summed E-state index contributed by atoms with van der Waals surface area (Å²) in [4.78, 5) is 16.8. The largest absolute Gasteiger partial charge is 0.497 e. The minimum absolute atomic E-state index is 0.296. The summed E-state index contributed by atoms with van der Waals surface area (Å²) in [6, 6.07) is 10.3. The Morgan fingerprint density at radius 3 is 2.31 bits per heavy atom. The van der Waals surface area contributed by atoms with Crippen molar-refractivity contribution in [3.05, 3.63) is 70.8 Å². The van der Waals surface area contributed by atoms with E-state index in [9.17, 15) is 22.4 Å². The molecule has 1 amide bonds. The van der Waals surface area contributed by atoms with E-state index in [1.807, 2.05) is 5.32 Å². The Bertz CT molecular complexity index is 1490. The molecule has 3 aromatic carbocycles. The van der Waals surface area contributed by atoms with Gasteiger partial charge in [-0.1, -0.05) is 6.07 Å². The molecule has 0 radical (unpaired) electrons. The lowest BCUT2D eigenvalue weighted by molar-refractivity contribution is 0.0966. The molecule has 7 nitrogen and oxygen atoms in total. The molecule has 186 valence electrons. The summed E-state index contributed by atoms with van der Waals surface area (Å²) in [5.41, 5.74) is 1.28. The normalized spacial score (nSPS) is 10.9. The molecule has 0 saturated heterocycles. The smallest absolute Gasteiger partial charge is 0.263 e. The fourth-order valence-corrected chi connectivity index (χ4v) is 3.56. The number of anilines is 1. The number of aryl methyl sites for hydroxylation is 1. The molecule has 12 heteroatoms. The first-order valence-corrected chi connectivity index (χ1v) is 10.6. The predicted octanol–water partition coefficient (Wildman–Crippen LogP) is 5.50. The summed E-state index contributed by atoms with van der Waals surface area (Å²) >= 11 is 5.06. The van der Waals surface area contributed by atoms with E-state index in [2.05, 4.69) is 15.0 Å². The van der Waals surface area contributed by atoms with E-state index in [1.54, 1.807) is 43.3 Å². The highest BCUT2D eigenvalue weighted by Gasteiger charge is 2.30. The summed E-state index contributed by atoms with van der Waals surface area (Å²) in [5.74, 6) is -9.41. The Morgan fingerprint density at radius 2 is 1.67 bits per heavy atom. The van der Waals surface area contributed by atoms with Gasteiger partial charge in [-0.05, 0) is 49.0 Å². The number of thiocarbonyl (C=S) groups is 1. The first-order valence-electron chi connectivity index (χ1n) is 10.2. The molecule has 0 aliphatic carbocycles. The number of fused-ring (bicyclic) bond motifs is 1. The molecule has 0 aliphatic heterocycles. The van der Waals surface area contributed by atoms with Crippen molar-refractivity contribution < 1.29 is 36.2 Å². The molecular formula is C24H17F4N3O4S. The Labute approximate surface area is 207 Å². The number of oxazole rings is 1. The average molecular weight is 519 g/mol. The van der Waals surface area contributed by atoms with Crippen molar-refractivity contribution in [3.8, 4) is 23.0 Å². The zero-order valence-corrected chi connectivity index (χ0v) is 19.8. The van der Waals surface area contributed by atoms with Crippen LogP contribution in [0.3, 0.4) is 0 Å². The highest BCUT2D eigenvalue weighted by Crippen LogP contribution is 2.31. The van der Waals surface area contributed by atoms with Gasteiger partial charge in [0.15, 0.2) is 28.1 Å². The van der Waals surface area contributed by atoms with Gasteiger partial charge >= 0.3 is 0 Å². The number of carbonyl (C=O) groups is 1. The number of rotatable bonds is 5. The van der Waals surface area contributed by atoms with E-state index in [0.29, 0.717) is 39.6 Å². The molecule has 36 heavy (non-hydrogen) atoms. The summed E-state index contributed by atoms with van der Waals surface area (Å²) < 4.78 is 71.7. The minimum Gasteiger partial charge on any atom is -0.497 e. The maximum atomic E-state index is 14.2. The monoisotopic (exact) mass is 519 g/mol. The first kappa shape index (κ1) is 24.9. The van der Waals surface area contributed by atoms with E-state index in [1.165, 1.54) is 7.11 Å². The molecule has 4 rings (SSSR count). The number of hydrogen-bond acceptors (Lipinski definition) is 6. The Morgan fingerprint density at radius 1 is 0.972 bits per heavy atom. The number of amides is 1. The third kappa shape index (κ3) is 4.54. The van der Waals surface area contributed by atoms with Crippen LogP contribution < -0.4 is 20.1 Å². The molecule has 0 spiro atoms.